The van der Waals surface area contributed by atoms with Crippen molar-refractivity contribution in [3.63, 3.8) is 0 Å². The van der Waals surface area contributed by atoms with Crippen molar-refractivity contribution in [1.82, 2.24) is 10.8 Å². The fourth-order valence-electron chi connectivity index (χ4n) is 1.26. The second-order valence-electron chi connectivity index (χ2n) is 3.35. The lowest BCUT2D eigenvalue weighted by Gasteiger charge is -2.13. The molecule has 0 aliphatic carbocycles. The Hall–Kier alpha value is -2.28. The topological polar surface area (TPSA) is 119 Å². The Kier molecular flexibility index (Phi) is 4.29. The number of amides is 2. The van der Waals surface area contributed by atoms with Crippen LogP contribution in [0.15, 0.2) is 24.3 Å². The highest BCUT2D eigenvalue weighted by atomic mass is 16.5. The number of hydroxylamine groups is 1. The number of urea groups is 1. The molecule has 0 bridgehead atoms. The van der Waals surface area contributed by atoms with Gasteiger partial charge < -0.3 is 15.5 Å². The van der Waals surface area contributed by atoms with E-state index in [0.717, 1.165) is 0 Å². The lowest BCUT2D eigenvalue weighted by Crippen LogP contribution is -2.46. The average molecular weight is 240 g/mol. The van der Waals surface area contributed by atoms with Gasteiger partial charge >= 0.3 is 12.0 Å². The molecule has 2 amide bonds. The van der Waals surface area contributed by atoms with Crippen molar-refractivity contribution in [2.75, 3.05) is 0 Å². The van der Waals surface area contributed by atoms with Gasteiger partial charge in [0.1, 0.15) is 11.8 Å². The minimum atomic E-state index is -1.22. The summed E-state index contributed by atoms with van der Waals surface area (Å²) in [6, 6.07) is 3.77. The Morgan fingerprint density at radius 2 is 1.82 bits per heavy atom. The van der Waals surface area contributed by atoms with E-state index in [-0.39, 0.29) is 12.2 Å². The van der Waals surface area contributed by atoms with E-state index in [0.29, 0.717) is 5.56 Å². The second kappa shape index (κ2) is 5.71. The van der Waals surface area contributed by atoms with E-state index in [4.69, 9.17) is 15.4 Å². The summed E-state index contributed by atoms with van der Waals surface area (Å²) in [5.74, 6) is -1.15. The Morgan fingerprint density at radius 1 is 1.24 bits per heavy atom. The van der Waals surface area contributed by atoms with Crippen molar-refractivity contribution in [3.8, 4) is 5.75 Å². The van der Waals surface area contributed by atoms with Crippen molar-refractivity contribution >= 4 is 12.0 Å². The molecule has 7 nitrogen and oxygen atoms in total. The van der Waals surface area contributed by atoms with Crippen LogP contribution in [0.2, 0.25) is 0 Å². The number of carboxylic acid groups (broad SMARTS) is 1. The number of hydrogen-bond acceptors (Lipinski definition) is 4. The van der Waals surface area contributed by atoms with E-state index in [1.165, 1.54) is 17.6 Å². The molecule has 17 heavy (non-hydrogen) atoms. The maximum Gasteiger partial charge on any atom is 0.339 e. The monoisotopic (exact) mass is 240 g/mol. The van der Waals surface area contributed by atoms with Gasteiger partial charge in [0.05, 0.1) is 0 Å². The van der Waals surface area contributed by atoms with Gasteiger partial charge in [-0.15, -0.1) is 0 Å². The first-order valence-corrected chi connectivity index (χ1v) is 4.74. The lowest BCUT2D eigenvalue weighted by atomic mass is 10.1. The Balaban J connectivity index is 2.70. The number of carbonyl (C=O) groups excluding carboxylic acids is 1. The van der Waals surface area contributed by atoms with Gasteiger partial charge in [0, 0.05) is 6.42 Å². The Labute approximate surface area is 96.7 Å². The highest BCUT2D eigenvalue weighted by molar-refractivity contribution is 5.82. The quantitative estimate of drug-likeness (QED) is 0.377. The van der Waals surface area contributed by atoms with Gasteiger partial charge in [0.25, 0.3) is 0 Å². The number of rotatable bonds is 4. The molecule has 7 heteroatoms. The van der Waals surface area contributed by atoms with Crippen molar-refractivity contribution in [2.24, 2.45) is 0 Å². The van der Waals surface area contributed by atoms with Gasteiger partial charge in [-0.2, -0.15) is 0 Å². The van der Waals surface area contributed by atoms with Crippen LogP contribution in [0.25, 0.3) is 0 Å². The summed E-state index contributed by atoms with van der Waals surface area (Å²) in [6.45, 7) is 0. The molecule has 0 saturated carbocycles. The molecule has 1 aromatic rings. The first kappa shape index (κ1) is 12.8. The van der Waals surface area contributed by atoms with Crippen LogP contribution in [0.4, 0.5) is 4.79 Å². The van der Waals surface area contributed by atoms with Crippen LogP contribution in [0.3, 0.4) is 0 Å². The third-order valence-electron chi connectivity index (χ3n) is 2.08. The number of aromatic hydroxyl groups is 1. The van der Waals surface area contributed by atoms with Crippen molar-refractivity contribution in [2.45, 2.75) is 12.5 Å². The van der Waals surface area contributed by atoms with Gasteiger partial charge in [0.15, 0.2) is 0 Å². The number of carbonyl (C=O) groups is 2. The summed E-state index contributed by atoms with van der Waals surface area (Å²) in [4.78, 5) is 21.6. The molecule has 0 aliphatic heterocycles. The standard InChI is InChI=1S/C10H12N2O5/c13-7-3-1-6(2-4-7)5-8(9(14)15)11-10(16)12-17/h1-4,8,13,17H,5H2,(H,14,15)(H2,11,12,16)/t8-/m0/s1. The van der Waals surface area contributed by atoms with Crippen molar-refractivity contribution < 1.29 is 25.0 Å². The van der Waals surface area contributed by atoms with Crippen LogP contribution in [0, 0.1) is 0 Å². The highest BCUT2D eigenvalue weighted by Crippen LogP contribution is 2.11. The third-order valence-corrected chi connectivity index (χ3v) is 2.08. The molecule has 0 aromatic heterocycles. The maximum atomic E-state index is 10.8. The fourth-order valence-corrected chi connectivity index (χ4v) is 1.26. The summed E-state index contributed by atoms with van der Waals surface area (Å²) in [6.07, 6.45) is 0.0447. The number of carboxylic acids is 1. The fraction of sp³-hybridized carbons (Fsp3) is 0.200. The highest BCUT2D eigenvalue weighted by Gasteiger charge is 2.19. The second-order valence-corrected chi connectivity index (χ2v) is 3.35. The summed E-state index contributed by atoms with van der Waals surface area (Å²) < 4.78 is 0. The molecular formula is C10H12N2O5. The van der Waals surface area contributed by atoms with Gasteiger partial charge in [0.2, 0.25) is 0 Å². The molecule has 1 atom stereocenters. The Morgan fingerprint density at radius 3 is 2.29 bits per heavy atom. The molecule has 0 aliphatic rings. The first-order chi connectivity index (χ1) is 8.02. The van der Waals surface area contributed by atoms with E-state index in [1.54, 1.807) is 12.1 Å². The molecule has 0 heterocycles. The number of nitrogens with one attached hydrogen (secondary N) is 2. The SMILES string of the molecule is O=C(NO)N[C@@H](Cc1ccc(O)cc1)C(=O)O. The van der Waals surface area contributed by atoms with Crippen LogP contribution in [-0.4, -0.2) is 33.5 Å². The van der Waals surface area contributed by atoms with E-state index >= 15 is 0 Å². The molecule has 0 spiro atoms. The molecule has 5 N–H and O–H groups in total. The van der Waals surface area contributed by atoms with E-state index in [9.17, 15) is 9.59 Å². The summed E-state index contributed by atoms with van der Waals surface area (Å²) >= 11 is 0. The molecule has 1 aromatic carbocycles. The maximum absolute atomic E-state index is 10.8. The van der Waals surface area contributed by atoms with Crippen LogP contribution in [-0.2, 0) is 11.2 Å². The zero-order valence-corrected chi connectivity index (χ0v) is 8.75. The van der Waals surface area contributed by atoms with Gasteiger partial charge in [-0.1, -0.05) is 12.1 Å². The summed E-state index contributed by atoms with van der Waals surface area (Å²) in [5, 5.41) is 28.3. The van der Waals surface area contributed by atoms with Crippen molar-refractivity contribution in [1.29, 1.82) is 0 Å². The molecule has 0 fully saturated rings. The van der Waals surface area contributed by atoms with Crippen LogP contribution in [0.5, 0.6) is 5.75 Å². The lowest BCUT2D eigenvalue weighted by molar-refractivity contribution is -0.139. The summed E-state index contributed by atoms with van der Waals surface area (Å²) in [5.41, 5.74) is 1.92. The van der Waals surface area contributed by atoms with Gasteiger partial charge in [-0.3, -0.25) is 5.21 Å². The Bertz CT molecular complexity index is 404. The zero-order chi connectivity index (χ0) is 12.8. The molecule has 0 radical (unpaired) electrons. The number of hydrogen-bond donors (Lipinski definition) is 5. The normalized spacial score (nSPS) is 11.6. The number of phenolic OH excluding ortho intramolecular Hbond substituents is 1. The van der Waals surface area contributed by atoms with Crippen LogP contribution >= 0.6 is 0 Å². The number of phenols is 1. The predicted octanol–water partition coefficient (Wildman–Crippen LogP) is 0.0763. The van der Waals surface area contributed by atoms with Gasteiger partial charge in [-0.05, 0) is 17.7 Å². The molecule has 0 saturated heterocycles. The molecular weight excluding hydrogens is 228 g/mol. The number of benzene rings is 1. The zero-order valence-electron chi connectivity index (χ0n) is 8.75. The first-order valence-electron chi connectivity index (χ1n) is 4.74. The van der Waals surface area contributed by atoms with Crippen LogP contribution in [0.1, 0.15) is 5.56 Å². The average Bonchev–Trinajstić information content (AvgIpc) is 2.30. The predicted molar refractivity (Wildman–Crippen MR) is 56.7 cm³/mol. The minimum absolute atomic E-state index is 0.0447. The summed E-state index contributed by atoms with van der Waals surface area (Å²) in [7, 11) is 0. The molecule has 92 valence electrons. The van der Waals surface area contributed by atoms with E-state index < -0.39 is 18.0 Å². The van der Waals surface area contributed by atoms with Gasteiger partial charge in [-0.25, -0.2) is 15.1 Å². The minimum Gasteiger partial charge on any atom is -0.508 e. The van der Waals surface area contributed by atoms with E-state index in [1.807, 2.05) is 0 Å². The largest absolute Gasteiger partial charge is 0.508 e. The van der Waals surface area contributed by atoms with Crippen molar-refractivity contribution in [3.05, 3.63) is 29.8 Å². The third kappa shape index (κ3) is 3.99. The smallest absolute Gasteiger partial charge is 0.339 e. The van der Waals surface area contributed by atoms with Crippen LogP contribution < -0.4 is 10.8 Å². The van der Waals surface area contributed by atoms with E-state index in [2.05, 4.69) is 5.32 Å². The molecule has 0 unspecified atom stereocenters. The number of aliphatic carboxylic acids is 1. The molecule has 1 rings (SSSR count).